The van der Waals surface area contributed by atoms with Gasteiger partial charge in [0, 0.05) is 36.9 Å². The summed E-state index contributed by atoms with van der Waals surface area (Å²) in [4.78, 5) is 31.2. The highest BCUT2D eigenvalue weighted by Crippen LogP contribution is 2.48. The Labute approximate surface area is 375 Å². The lowest BCUT2D eigenvalue weighted by molar-refractivity contribution is -0.228. The fraction of sp³-hybridized carbons (Fsp3) is 0.531. The Bertz CT molecular complexity index is 2090. The topological polar surface area (TPSA) is 141 Å². The number of nitrogens with zero attached hydrogens (tertiary/aromatic N) is 4. The van der Waals surface area contributed by atoms with E-state index in [1.165, 1.54) is 23.8 Å². The molecule has 2 heterocycles. The van der Waals surface area contributed by atoms with Crippen LogP contribution in [0.2, 0.25) is 0 Å². The number of hydrogen-bond donors (Lipinski definition) is 1. The highest BCUT2D eigenvalue weighted by molar-refractivity contribution is 7.44. The van der Waals surface area contributed by atoms with E-state index in [1.54, 1.807) is 27.3 Å². The fourth-order valence-electron chi connectivity index (χ4n) is 8.29. The zero-order chi connectivity index (χ0) is 45.4. The first-order valence-electron chi connectivity index (χ1n) is 22.3. The Morgan fingerprint density at radius 1 is 0.857 bits per heavy atom. The molecule has 1 unspecified atom stereocenters. The second-order valence-electron chi connectivity index (χ2n) is 16.9. The Kier molecular flexibility index (Phi) is 19.0. The Morgan fingerprint density at radius 2 is 1.44 bits per heavy atom. The number of aryl methyl sites for hydroxylation is 1. The predicted octanol–water partition coefficient (Wildman–Crippen LogP) is 9.09. The molecule has 1 aliphatic rings. The molecule has 0 amide bonds. The third kappa shape index (κ3) is 12.9. The number of ether oxygens (including phenoxy) is 4. The van der Waals surface area contributed by atoms with Crippen LogP contribution in [0.1, 0.15) is 108 Å². The van der Waals surface area contributed by atoms with Crippen molar-refractivity contribution in [2.45, 2.75) is 116 Å². The number of benzene rings is 3. The second kappa shape index (κ2) is 24.1. The summed E-state index contributed by atoms with van der Waals surface area (Å²) in [5.74, 6) is 1.41. The van der Waals surface area contributed by atoms with Gasteiger partial charge in [0.1, 0.15) is 22.7 Å². The van der Waals surface area contributed by atoms with E-state index in [0.717, 1.165) is 42.5 Å². The molecule has 0 bridgehead atoms. The van der Waals surface area contributed by atoms with Crippen molar-refractivity contribution in [2.75, 3.05) is 53.7 Å². The van der Waals surface area contributed by atoms with Gasteiger partial charge >= 0.3 is 5.69 Å². The minimum atomic E-state index is -1.69. The van der Waals surface area contributed by atoms with Gasteiger partial charge in [-0.25, -0.2) is 9.46 Å². The van der Waals surface area contributed by atoms with E-state index in [9.17, 15) is 14.9 Å². The summed E-state index contributed by atoms with van der Waals surface area (Å²) in [5, 5.41) is 9.47. The van der Waals surface area contributed by atoms with Crippen molar-refractivity contribution in [2.24, 2.45) is 0 Å². The third-order valence-electron chi connectivity index (χ3n) is 11.4. The van der Waals surface area contributed by atoms with Gasteiger partial charge in [0.05, 0.1) is 46.5 Å². The summed E-state index contributed by atoms with van der Waals surface area (Å²) in [5.41, 5.74) is -0.405. The third-order valence-corrected chi connectivity index (χ3v) is 13.5. The minimum Gasteiger partial charge on any atom is -0.497 e. The van der Waals surface area contributed by atoms with Crippen LogP contribution in [-0.4, -0.2) is 90.5 Å². The van der Waals surface area contributed by atoms with Crippen LogP contribution in [0.5, 0.6) is 11.5 Å². The van der Waals surface area contributed by atoms with Crippen LogP contribution in [0, 0.1) is 18.3 Å². The zero-order valence-corrected chi connectivity index (χ0v) is 39.4. The molecule has 1 aromatic heterocycles. The number of aromatic amines is 1. The highest BCUT2D eigenvalue weighted by Gasteiger charge is 2.48. The van der Waals surface area contributed by atoms with Crippen molar-refractivity contribution in [1.29, 1.82) is 5.26 Å². The molecule has 0 aliphatic carbocycles. The van der Waals surface area contributed by atoms with Crippen LogP contribution in [0.3, 0.4) is 0 Å². The van der Waals surface area contributed by atoms with Crippen molar-refractivity contribution in [3.05, 3.63) is 128 Å². The first kappa shape index (κ1) is 49.6. The summed E-state index contributed by atoms with van der Waals surface area (Å²) >= 11 is 0. The molecule has 0 saturated carbocycles. The predicted molar refractivity (Wildman–Crippen MR) is 248 cm³/mol. The van der Waals surface area contributed by atoms with E-state index >= 15 is 0 Å². The highest BCUT2D eigenvalue weighted by atomic mass is 31.2. The number of nitriles is 1. The molecule has 0 spiro atoms. The summed E-state index contributed by atoms with van der Waals surface area (Å²) in [6.45, 7) is 14.1. The second-order valence-corrected chi connectivity index (χ2v) is 18.3. The quantitative estimate of drug-likeness (QED) is 0.0387. The van der Waals surface area contributed by atoms with Gasteiger partial charge in [0.15, 0.2) is 6.23 Å². The molecule has 3 atom stereocenters. The summed E-state index contributed by atoms with van der Waals surface area (Å²) in [7, 11) is 1.60. The van der Waals surface area contributed by atoms with E-state index in [1.807, 2.05) is 66.7 Å². The summed E-state index contributed by atoms with van der Waals surface area (Å²) < 4.78 is 43.1. The van der Waals surface area contributed by atoms with Crippen LogP contribution in [0.25, 0.3) is 0 Å². The molecular weight excluding hydrogens is 818 g/mol. The monoisotopic (exact) mass is 885 g/mol. The normalized spacial score (nSPS) is 17.6. The van der Waals surface area contributed by atoms with Crippen molar-refractivity contribution in [3.63, 3.8) is 0 Å². The van der Waals surface area contributed by atoms with Crippen LogP contribution >= 0.6 is 8.53 Å². The van der Waals surface area contributed by atoms with E-state index in [4.69, 9.17) is 28.0 Å². The summed E-state index contributed by atoms with van der Waals surface area (Å²) in [6, 6.07) is 28.2. The average Bonchev–Trinajstić information content (AvgIpc) is 3.28. The SMILES string of the molecule is CCCCCCCCN1C[C@H](n2cc(C)c(=O)[nH]c2=O)O[C@](COP(OCCC#N)N(C(C)C)C(C)C)(COC(c2ccccc2)(c2ccc(OC)cc2)c2ccc(OC)cc2)C1. The van der Waals surface area contributed by atoms with Crippen molar-refractivity contribution >= 4 is 8.53 Å². The van der Waals surface area contributed by atoms with E-state index in [-0.39, 0.29) is 38.3 Å². The number of nitrogens with one attached hydrogen (secondary N) is 1. The first-order valence-corrected chi connectivity index (χ1v) is 23.4. The number of morpholine rings is 1. The molecule has 1 saturated heterocycles. The van der Waals surface area contributed by atoms with Crippen LogP contribution in [0.15, 0.2) is 94.6 Å². The standard InChI is InChI=1S/C49H68N5O8P/c1-9-10-11-12-13-17-30-52-33-45(53-32-39(6)46(55)51-47(53)56)62-48(34-52,36-61-63(60-31-18-29-50)54(37(2)3)38(4)5)35-59-49(40-19-15-14-16-20-40,41-21-25-43(57-7)26-22-41)42-23-27-44(58-8)28-24-42/h14-16,19-28,32,37-38,45H,9-13,17-18,30-31,33-36H2,1-8H3,(H,51,55,56)/t45-,48+,63?/m1/s1. The van der Waals surface area contributed by atoms with Gasteiger partial charge in [-0.15, -0.1) is 0 Å². The smallest absolute Gasteiger partial charge is 0.330 e. The van der Waals surface area contributed by atoms with Gasteiger partial charge in [0.25, 0.3) is 14.1 Å². The average molecular weight is 886 g/mol. The lowest BCUT2D eigenvalue weighted by Crippen LogP contribution is -2.60. The lowest BCUT2D eigenvalue weighted by Gasteiger charge is -2.48. The van der Waals surface area contributed by atoms with E-state index < -0.39 is 37.2 Å². The molecule has 5 rings (SSSR count). The molecule has 14 heteroatoms. The molecule has 4 aromatic rings. The van der Waals surface area contributed by atoms with Gasteiger partial charge in [0.2, 0.25) is 0 Å². The molecule has 1 N–H and O–H groups in total. The summed E-state index contributed by atoms with van der Waals surface area (Å²) in [6.07, 6.45) is 7.72. The number of H-pyrrole nitrogens is 1. The number of aromatic nitrogens is 2. The Balaban J connectivity index is 1.69. The molecule has 1 aliphatic heterocycles. The number of hydrogen-bond acceptors (Lipinski definition) is 11. The minimum absolute atomic E-state index is 0.00522. The van der Waals surface area contributed by atoms with Crippen molar-refractivity contribution in [1.82, 2.24) is 19.1 Å². The molecular formula is C49H68N5O8P. The number of unbranched alkanes of at least 4 members (excludes halogenated alkanes) is 5. The van der Waals surface area contributed by atoms with E-state index in [0.29, 0.717) is 30.2 Å². The van der Waals surface area contributed by atoms with Gasteiger partial charge in [-0.1, -0.05) is 93.6 Å². The largest absolute Gasteiger partial charge is 0.497 e. The maximum absolute atomic E-state index is 13.7. The molecule has 3 aromatic carbocycles. The number of methoxy groups -OCH3 is 2. The fourth-order valence-corrected chi connectivity index (χ4v) is 9.98. The van der Waals surface area contributed by atoms with Crippen LogP contribution in [0.4, 0.5) is 0 Å². The molecule has 1 fully saturated rings. The Morgan fingerprint density at radius 3 is 2.02 bits per heavy atom. The van der Waals surface area contributed by atoms with Gasteiger partial charge in [-0.05, 0) is 88.5 Å². The Hall–Kier alpha value is -4.38. The zero-order valence-electron chi connectivity index (χ0n) is 38.5. The lowest BCUT2D eigenvalue weighted by atomic mass is 9.79. The molecule has 0 radical (unpaired) electrons. The van der Waals surface area contributed by atoms with Crippen molar-refractivity contribution in [3.8, 4) is 17.6 Å². The van der Waals surface area contributed by atoms with Crippen LogP contribution in [-0.2, 0) is 24.1 Å². The molecule has 63 heavy (non-hydrogen) atoms. The number of rotatable bonds is 25. The maximum atomic E-state index is 13.7. The first-order chi connectivity index (χ1) is 30.4. The van der Waals surface area contributed by atoms with Crippen molar-refractivity contribution < 1.29 is 28.0 Å². The van der Waals surface area contributed by atoms with E-state index in [2.05, 4.69) is 67.4 Å². The van der Waals surface area contributed by atoms with Gasteiger partial charge < -0.3 is 28.0 Å². The van der Waals surface area contributed by atoms with Gasteiger partial charge in [-0.3, -0.25) is 19.2 Å². The molecule has 13 nitrogen and oxygen atoms in total. The maximum Gasteiger partial charge on any atom is 0.330 e. The van der Waals surface area contributed by atoms with Gasteiger partial charge in [-0.2, -0.15) is 5.26 Å². The molecule has 342 valence electrons. The van der Waals surface area contributed by atoms with Crippen LogP contribution < -0.4 is 20.7 Å².